The van der Waals surface area contributed by atoms with Crippen molar-refractivity contribution >= 4 is 5.97 Å². The number of ether oxygens (including phenoxy) is 1. The number of esters is 1. The maximum atomic E-state index is 11.6. The predicted molar refractivity (Wildman–Crippen MR) is 76.0 cm³/mol. The highest BCUT2D eigenvalue weighted by Gasteiger charge is 2.28. The van der Waals surface area contributed by atoms with E-state index in [1.165, 1.54) is 45.9 Å². The number of methoxy groups -OCH3 is 1. The van der Waals surface area contributed by atoms with E-state index in [2.05, 4.69) is 10.2 Å². The lowest BCUT2D eigenvalue weighted by molar-refractivity contribution is -0.143. The van der Waals surface area contributed by atoms with Crippen LogP contribution in [0.1, 0.15) is 45.4 Å². The zero-order valence-corrected chi connectivity index (χ0v) is 12.4. The average molecular weight is 268 g/mol. The van der Waals surface area contributed by atoms with Crippen LogP contribution in [-0.2, 0) is 9.53 Å². The van der Waals surface area contributed by atoms with Gasteiger partial charge in [-0.25, -0.2) is 0 Å². The molecule has 0 aromatic carbocycles. The van der Waals surface area contributed by atoms with Gasteiger partial charge in [-0.3, -0.25) is 4.79 Å². The highest BCUT2D eigenvalue weighted by atomic mass is 16.5. The minimum absolute atomic E-state index is 0.128. The standard InChI is InChI=1S/C15H28N2O2/c1-3-14(15(18)19-2)16-13-8-9-17(11-13)10-12-6-4-5-7-12/h12-14,16H,3-11H2,1-2H3. The van der Waals surface area contributed by atoms with Crippen LogP contribution in [0, 0.1) is 5.92 Å². The molecule has 0 radical (unpaired) electrons. The predicted octanol–water partition coefficient (Wildman–Crippen LogP) is 1.79. The van der Waals surface area contributed by atoms with Crippen LogP contribution in [0.3, 0.4) is 0 Å². The number of nitrogens with zero attached hydrogens (tertiary/aromatic N) is 1. The zero-order chi connectivity index (χ0) is 13.7. The fraction of sp³-hybridized carbons (Fsp3) is 0.933. The molecular formula is C15H28N2O2. The Morgan fingerprint density at radius 1 is 1.37 bits per heavy atom. The summed E-state index contributed by atoms with van der Waals surface area (Å²) in [7, 11) is 1.47. The Morgan fingerprint density at radius 2 is 2.11 bits per heavy atom. The van der Waals surface area contributed by atoms with Gasteiger partial charge in [-0.2, -0.15) is 0 Å². The molecule has 1 heterocycles. The van der Waals surface area contributed by atoms with Crippen LogP contribution in [0.15, 0.2) is 0 Å². The molecule has 2 atom stereocenters. The van der Waals surface area contributed by atoms with E-state index in [0.29, 0.717) is 6.04 Å². The van der Waals surface area contributed by atoms with Crippen LogP contribution >= 0.6 is 0 Å². The van der Waals surface area contributed by atoms with Crippen molar-refractivity contribution in [2.24, 2.45) is 5.92 Å². The van der Waals surface area contributed by atoms with Crippen molar-refractivity contribution in [3.63, 3.8) is 0 Å². The summed E-state index contributed by atoms with van der Waals surface area (Å²) in [5.74, 6) is 0.790. The lowest BCUT2D eigenvalue weighted by Crippen LogP contribution is -2.45. The normalized spacial score (nSPS) is 26.7. The topological polar surface area (TPSA) is 41.6 Å². The summed E-state index contributed by atoms with van der Waals surface area (Å²) in [5, 5.41) is 3.45. The van der Waals surface area contributed by atoms with Crippen molar-refractivity contribution in [1.29, 1.82) is 0 Å². The molecule has 0 amide bonds. The molecule has 4 heteroatoms. The second kappa shape index (κ2) is 7.25. The third-order valence-electron chi connectivity index (χ3n) is 4.59. The highest BCUT2D eigenvalue weighted by Crippen LogP contribution is 2.26. The Morgan fingerprint density at radius 3 is 2.74 bits per heavy atom. The van der Waals surface area contributed by atoms with Crippen LogP contribution in [0.4, 0.5) is 0 Å². The van der Waals surface area contributed by atoms with Crippen molar-refractivity contribution in [2.75, 3.05) is 26.7 Å². The molecule has 2 fully saturated rings. The Labute approximate surface area is 116 Å². The number of likely N-dealkylation sites (tertiary alicyclic amines) is 1. The molecule has 19 heavy (non-hydrogen) atoms. The van der Waals surface area contributed by atoms with E-state index in [1.807, 2.05) is 6.92 Å². The van der Waals surface area contributed by atoms with Crippen LogP contribution in [0.25, 0.3) is 0 Å². The van der Waals surface area contributed by atoms with Gasteiger partial charge in [0.05, 0.1) is 7.11 Å². The summed E-state index contributed by atoms with van der Waals surface area (Å²) in [4.78, 5) is 14.2. The van der Waals surface area contributed by atoms with Crippen molar-refractivity contribution < 1.29 is 9.53 Å². The molecule has 1 aliphatic heterocycles. The van der Waals surface area contributed by atoms with Crippen molar-refractivity contribution in [2.45, 2.75) is 57.5 Å². The number of rotatable bonds is 6. The van der Waals surface area contributed by atoms with E-state index in [0.717, 1.165) is 25.3 Å². The minimum Gasteiger partial charge on any atom is -0.468 e. The van der Waals surface area contributed by atoms with Gasteiger partial charge in [0.15, 0.2) is 0 Å². The summed E-state index contributed by atoms with van der Waals surface area (Å²) in [6.45, 7) is 5.54. The van der Waals surface area contributed by atoms with E-state index in [4.69, 9.17) is 4.74 Å². The number of hydrogen-bond donors (Lipinski definition) is 1. The van der Waals surface area contributed by atoms with Gasteiger partial charge < -0.3 is 15.0 Å². The molecule has 1 saturated carbocycles. The summed E-state index contributed by atoms with van der Waals surface area (Å²) in [6.07, 6.45) is 7.61. The minimum atomic E-state index is -0.138. The molecule has 0 spiro atoms. The molecule has 0 aromatic heterocycles. The van der Waals surface area contributed by atoms with E-state index in [-0.39, 0.29) is 12.0 Å². The molecule has 1 aliphatic carbocycles. The van der Waals surface area contributed by atoms with E-state index >= 15 is 0 Å². The van der Waals surface area contributed by atoms with Gasteiger partial charge in [-0.1, -0.05) is 19.8 Å². The first kappa shape index (κ1) is 14.8. The molecule has 110 valence electrons. The van der Waals surface area contributed by atoms with Crippen molar-refractivity contribution in [1.82, 2.24) is 10.2 Å². The maximum Gasteiger partial charge on any atom is 0.322 e. The van der Waals surface area contributed by atoms with Gasteiger partial charge in [0, 0.05) is 19.1 Å². The van der Waals surface area contributed by atoms with Crippen LogP contribution < -0.4 is 5.32 Å². The lowest BCUT2D eigenvalue weighted by Gasteiger charge is -2.22. The first-order valence-corrected chi connectivity index (χ1v) is 7.79. The van der Waals surface area contributed by atoms with Gasteiger partial charge in [-0.05, 0) is 38.1 Å². The first-order valence-electron chi connectivity index (χ1n) is 7.79. The van der Waals surface area contributed by atoms with Crippen LogP contribution in [0.5, 0.6) is 0 Å². The second-order valence-corrected chi connectivity index (χ2v) is 6.05. The summed E-state index contributed by atoms with van der Waals surface area (Å²) in [5.41, 5.74) is 0. The molecule has 0 aromatic rings. The number of carbonyl (C=O) groups is 1. The number of hydrogen-bond acceptors (Lipinski definition) is 4. The Bertz CT molecular complexity index is 290. The summed E-state index contributed by atoms with van der Waals surface area (Å²) in [6, 6.07) is 0.312. The van der Waals surface area contributed by atoms with Crippen LogP contribution in [0.2, 0.25) is 0 Å². The quantitative estimate of drug-likeness (QED) is 0.746. The fourth-order valence-corrected chi connectivity index (χ4v) is 3.47. The number of nitrogens with one attached hydrogen (secondary N) is 1. The third-order valence-corrected chi connectivity index (χ3v) is 4.59. The SMILES string of the molecule is CCC(NC1CCN(CC2CCCC2)C1)C(=O)OC. The summed E-state index contributed by atoms with van der Waals surface area (Å²) >= 11 is 0. The van der Waals surface area contributed by atoms with Crippen LogP contribution in [-0.4, -0.2) is 49.7 Å². The molecule has 1 saturated heterocycles. The van der Waals surface area contributed by atoms with E-state index < -0.39 is 0 Å². The Hall–Kier alpha value is -0.610. The van der Waals surface area contributed by atoms with Gasteiger partial charge in [0.25, 0.3) is 0 Å². The zero-order valence-electron chi connectivity index (χ0n) is 12.4. The van der Waals surface area contributed by atoms with Gasteiger partial charge in [0.2, 0.25) is 0 Å². The smallest absolute Gasteiger partial charge is 0.322 e. The molecule has 0 bridgehead atoms. The molecule has 1 N–H and O–H groups in total. The number of carbonyl (C=O) groups excluding carboxylic acids is 1. The molecule has 2 unspecified atom stereocenters. The third kappa shape index (κ3) is 4.18. The maximum absolute atomic E-state index is 11.6. The lowest BCUT2D eigenvalue weighted by atomic mass is 10.1. The molecule has 2 aliphatic rings. The highest BCUT2D eigenvalue weighted by molar-refractivity contribution is 5.75. The second-order valence-electron chi connectivity index (χ2n) is 6.05. The summed E-state index contributed by atoms with van der Waals surface area (Å²) < 4.78 is 4.83. The molecule has 2 rings (SSSR count). The van der Waals surface area contributed by atoms with Gasteiger partial charge >= 0.3 is 5.97 Å². The van der Waals surface area contributed by atoms with Crippen molar-refractivity contribution in [3.05, 3.63) is 0 Å². The fourth-order valence-electron chi connectivity index (χ4n) is 3.47. The monoisotopic (exact) mass is 268 g/mol. The Kier molecular flexibility index (Phi) is 5.64. The van der Waals surface area contributed by atoms with Gasteiger partial charge in [0.1, 0.15) is 6.04 Å². The Balaban J connectivity index is 1.73. The van der Waals surface area contributed by atoms with Crippen molar-refractivity contribution in [3.8, 4) is 0 Å². The molecule has 4 nitrogen and oxygen atoms in total. The largest absolute Gasteiger partial charge is 0.468 e. The first-order chi connectivity index (χ1) is 9.22. The average Bonchev–Trinajstić information content (AvgIpc) is 3.07. The van der Waals surface area contributed by atoms with E-state index in [9.17, 15) is 4.79 Å². The van der Waals surface area contributed by atoms with Gasteiger partial charge in [-0.15, -0.1) is 0 Å². The molecular weight excluding hydrogens is 240 g/mol. The van der Waals surface area contributed by atoms with E-state index in [1.54, 1.807) is 0 Å².